The second-order valence-corrected chi connectivity index (χ2v) is 7.83. The summed E-state index contributed by atoms with van der Waals surface area (Å²) in [5.41, 5.74) is 0.887. The highest BCUT2D eigenvalue weighted by Gasteiger charge is 2.21. The second kappa shape index (κ2) is 7.90. The van der Waals surface area contributed by atoms with Crippen LogP contribution in [-0.4, -0.2) is 39.0 Å². The predicted octanol–water partition coefficient (Wildman–Crippen LogP) is 2.70. The molecule has 22 heavy (non-hydrogen) atoms. The first-order valence-electron chi connectivity index (χ1n) is 7.93. The van der Waals surface area contributed by atoms with Crippen LogP contribution in [0.25, 0.3) is 6.08 Å². The molecule has 1 N–H and O–H groups in total. The summed E-state index contributed by atoms with van der Waals surface area (Å²) >= 11 is 0. The fourth-order valence-corrected chi connectivity index (χ4v) is 3.59. The standard InChI is InChI=1S/C17H26N2O2S/c1-15(2)19-11-8-17(9-12-19)14-18-22(20,21)13-10-16-6-4-3-5-7-16/h3-7,10,13,15,17-18H,8-9,11-12,14H2,1-2H3/b13-10+. The van der Waals surface area contributed by atoms with E-state index >= 15 is 0 Å². The third kappa shape index (κ3) is 5.55. The van der Waals surface area contributed by atoms with Crippen molar-refractivity contribution in [2.75, 3.05) is 19.6 Å². The number of likely N-dealkylation sites (tertiary alicyclic amines) is 1. The van der Waals surface area contributed by atoms with Crippen molar-refractivity contribution in [3.63, 3.8) is 0 Å². The first kappa shape index (κ1) is 17.2. The van der Waals surface area contributed by atoms with Gasteiger partial charge in [0, 0.05) is 18.0 Å². The van der Waals surface area contributed by atoms with Crippen molar-refractivity contribution >= 4 is 16.1 Å². The zero-order valence-corrected chi connectivity index (χ0v) is 14.2. The largest absolute Gasteiger partial charge is 0.301 e. The van der Waals surface area contributed by atoms with Crippen LogP contribution in [0.3, 0.4) is 0 Å². The molecule has 0 atom stereocenters. The van der Waals surface area contributed by atoms with E-state index in [1.165, 1.54) is 5.41 Å². The summed E-state index contributed by atoms with van der Waals surface area (Å²) in [7, 11) is -3.35. The molecule has 0 unspecified atom stereocenters. The van der Waals surface area contributed by atoms with Crippen molar-refractivity contribution in [2.45, 2.75) is 32.7 Å². The maximum absolute atomic E-state index is 12.0. The molecular weight excluding hydrogens is 296 g/mol. The smallest absolute Gasteiger partial charge is 0.233 e. The van der Waals surface area contributed by atoms with Gasteiger partial charge in [0.2, 0.25) is 10.0 Å². The summed E-state index contributed by atoms with van der Waals surface area (Å²) in [4.78, 5) is 2.44. The van der Waals surface area contributed by atoms with E-state index in [0.29, 0.717) is 18.5 Å². The average molecular weight is 322 g/mol. The molecule has 0 radical (unpaired) electrons. The number of nitrogens with zero attached hydrogens (tertiary/aromatic N) is 1. The van der Waals surface area contributed by atoms with E-state index in [4.69, 9.17) is 0 Å². The van der Waals surface area contributed by atoms with Gasteiger partial charge >= 0.3 is 0 Å². The fraction of sp³-hybridized carbons (Fsp3) is 0.529. The third-order valence-electron chi connectivity index (χ3n) is 4.19. The van der Waals surface area contributed by atoms with Crippen molar-refractivity contribution in [1.29, 1.82) is 0 Å². The maximum atomic E-state index is 12.0. The van der Waals surface area contributed by atoms with Gasteiger partial charge in [-0.1, -0.05) is 30.3 Å². The summed E-state index contributed by atoms with van der Waals surface area (Å²) in [5, 5.41) is 1.26. The third-order valence-corrected chi connectivity index (χ3v) is 5.26. The molecule has 5 heteroatoms. The number of hydrogen-bond donors (Lipinski definition) is 1. The molecule has 2 rings (SSSR count). The van der Waals surface area contributed by atoms with Gasteiger partial charge in [0.05, 0.1) is 0 Å². The summed E-state index contributed by atoms with van der Waals surface area (Å²) in [5.74, 6) is 0.440. The van der Waals surface area contributed by atoms with Crippen molar-refractivity contribution in [3.05, 3.63) is 41.3 Å². The Balaban J connectivity index is 1.80. The van der Waals surface area contributed by atoms with Gasteiger partial charge in [-0.2, -0.15) is 0 Å². The van der Waals surface area contributed by atoms with Crippen LogP contribution in [0.4, 0.5) is 0 Å². The molecule has 122 valence electrons. The number of piperidine rings is 1. The molecule has 1 saturated heterocycles. The van der Waals surface area contributed by atoms with E-state index in [1.807, 2.05) is 30.3 Å². The lowest BCUT2D eigenvalue weighted by atomic mass is 9.96. The highest BCUT2D eigenvalue weighted by atomic mass is 32.2. The molecule has 0 amide bonds. The molecule has 0 saturated carbocycles. The minimum atomic E-state index is -3.35. The van der Waals surface area contributed by atoms with E-state index < -0.39 is 10.0 Å². The SMILES string of the molecule is CC(C)N1CCC(CNS(=O)(=O)/C=C/c2ccccc2)CC1. The second-order valence-electron chi connectivity index (χ2n) is 6.18. The van der Waals surface area contributed by atoms with Gasteiger partial charge in [-0.25, -0.2) is 13.1 Å². The molecule has 1 aliphatic heterocycles. The molecule has 1 aromatic carbocycles. The Hall–Kier alpha value is -1.17. The Morgan fingerprint density at radius 2 is 1.86 bits per heavy atom. The lowest BCUT2D eigenvalue weighted by molar-refractivity contribution is 0.151. The van der Waals surface area contributed by atoms with Crippen molar-refractivity contribution in [3.8, 4) is 0 Å². The Kier molecular flexibility index (Phi) is 6.17. The van der Waals surface area contributed by atoms with Crippen LogP contribution in [0.2, 0.25) is 0 Å². The van der Waals surface area contributed by atoms with Gasteiger partial charge in [-0.3, -0.25) is 0 Å². The normalized spacial score (nSPS) is 18.3. The molecule has 1 fully saturated rings. The van der Waals surface area contributed by atoms with Gasteiger partial charge in [0.15, 0.2) is 0 Å². The van der Waals surface area contributed by atoms with Crippen LogP contribution < -0.4 is 4.72 Å². The van der Waals surface area contributed by atoms with Gasteiger partial charge < -0.3 is 4.90 Å². The zero-order valence-electron chi connectivity index (χ0n) is 13.4. The summed E-state index contributed by atoms with van der Waals surface area (Å²) in [6.07, 6.45) is 3.75. The minimum absolute atomic E-state index is 0.440. The number of rotatable bonds is 6. The van der Waals surface area contributed by atoms with E-state index in [9.17, 15) is 8.42 Å². The van der Waals surface area contributed by atoms with E-state index in [1.54, 1.807) is 6.08 Å². The molecule has 1 aromatic rings. The highest BCUT2D eigenvalue weighted by molar-refractivity contribution is 7.92. The molecule has 1 aliphatic rings. The first-order valence-corrected chi connectivity index (χ1v) is 9.48. The van der Waals surface area contributed by atoms with E-state index in [-0.39, 0.29) is 0 Å². The number of sulfonamides is 1. The van der Waals surface area contributed by atoms with Crippen LogP contribution in [0.15, 0.2) is 35.7 Å². The van der Waals surface area contributed by atoms with Crippen molar-refractivity contribution in [1.82, 2.24) is 9.62 Å². The Morgan fingerprint density at radius 3 is 2.45 bits per heavy atom. The van der Waals surface area contributed by atoms with Crippen LogP contribution in [-0.2, 0) is 10.0 Å². The minimum Gasteiger partial charge on any atom is -0.301 e. The first-order chi connectivity index (χ1) is 10.5. The van der Waals surface area contributed by atoms with Crippen LogP contribution in [0.1, 0.15) is 32.3 Å². The molecular formula is C17H26N2O2S. The van der Waals surface area contributed by atoms with E-state index in [2.05, 4.69) is 23.5 Å². The molecule has 0 aliphatic carbocycles. The average Bonchev–Trinajstić information content (AvgIpc) is 2.53. The van der Waals surface area contributed by atoms with Crippen LogP contribution in [0.5, 0.6) is 0 Å². The van der Waals surface area contributed by atoms with Crippen LogP contribution in [0, 0.1) is 5.92 Å². The predicted molar refractivity (Wildman–Crippen MR) is 91.8 cm³/mol. The number of benzene rings is 1. The number of hydrogen-bond acceptors (Lipinski definition) is 3. The fourth-order valence-electron chi connectivity index (χ4n) is 2.69. The van der Waals surface area contributed by atoms with Crippen molar-refractivity contribution < 1.29 is 8.42 Å². The van der Waals surface area contributed by atoms with E-state index in [0.717, 1.165) is 31.5 Å². The Bertz CT molecular complexity index is 574. The molecule has 0 spiro atoms. The topological polar surface area (TPSA) is 49.4 Å². The summed E-state index contributed by atoms with van der Waals surface area (Å²) < 4.78 is 26.7. The molecule has 1 heterocycles. The summed E-state index contributed by atoms with van der Waals surface area (Å²) in [6, 6.07) is 10.0. The quantitative estimate of drug-likeness (QED) is 0.876. The van der Waals surface area contributed by atoms with Gasteiger partial charge in [0.25, 0.3) is 0 Å². The highest BCUT2D eigenvalue weighted by Crippen LogP contribution is 2.18. The molecule has 0 bridgehead atoms. The van der Waals surface area contributed by atoms with Gasteiger partial charge in [-0.15, -0.1) is 0 Å². The monoisotopic (exact) mass is 322 g/mol. The Labute approximate surface area is 134 Å². The number of nitrogens with one attached hydrogen (secondary N) is 1. The Morgan fingerprint density at radius 1 is 1.23 bits per heavy atom. The lowest BCUT2D eigenvalue weighted by Crippen LogP contribution is -2.41. The maximum Gasteiger partial charge on any atom is 0.233 e. The summed E-state index contributed by atoms with van der Waals surface area (Å²) in [6.45, 7) is 7.07. The van der Waals surface area contributed by atoms with Crippen molar-refractivity contribution in [2.24, 2.45) is 5.92 Å². The zero-order chi connectivity index (χ0) is 16.0. The van der Waals surface area contributed by atoms with Gasteiger partial charge in [0.1, 0.15) is 0 Å². The van der Waals surface area contributed by atoms with Gasteiger partial charge in [-0.05, 0) is 57.3 Å². The lowest BCUT2D eigenvalue weighted by Gasteiger charge is -2.34. The molecule has 4 nitrogen and oxygen atoms in total. The molecule has 0 aromatic heterocycles. The van der Waals surface area contributed by atoms with Crippen LogP contribution >= 0.6 is 0 Å².